The summed E-state index contributed by atoms with van der Waals surface area (Å²) in [5.41, 5.74) is 5.79. The van der Waals surface area contributed by atoms with Gasteiger partial charge in [0.1, 0.15) is 5.75 Å². The maximum absolute atomic E-state index is 12.2. The Morgan fingerprint density at radius 2 is 2.05 bits per heavy atom. The number of nitrogens with two attached hydrogens (primary N) is 1. The van der Waals surface area contributed by atoms with Gasteiger partial charge in [-0.1, -0.05) is 0 Å². The molecule has 21 heavy (non-hydrogen) atoms. The average Bonchev–Trinajstić information content (AvgIpc) is 2.84. The normalized spacial score (nSPS) is 11.3. The van der Waals surface area contributed by atoms with Crippen LogP contribution < -0.4 is 15.2 Å². The molecule has 3 N–H and O–H groups in total. The molecule has 8 heteroatoms. The predicted octanol–water partition coefficient (Wildman–Crippen LogP) is 0.948. The molecular formula is C13H18N4O3S. The molecule has 0 spiro atoms. The van der Waals surface area contributed by atoms with Gasteiger partial charge in [0.05, 0.1) is 23.4 Å². The zero-order chi connectivity index (χ0) is 15.3. The average molecular weight is 310 g/mol. The van der Waals surface area contributed by atoms with Crippen LogP contribution in [0.15, 0.2) is 41.6 Å². The van der Waals surface area contributed by atoms with Crippen LogP contribution in [0, 0.1) is 0 Å². The lowest BCUT2D eigenvalue weighted by Gasteiger charge is -2.08. The Labute approximate surface area is 123 Å². The smallest absolute Gasteiger partial charge is 0.261 e. The quantitative estimate of drug-likeness (QED) is 0.742. The summed E-state index contributed by atoms with van der Waals surface area (Å²) < 4.78 is 33.8. The van der Waals surface area contributed by atoms with E-state index in [1.807, 2.05) is 0 Å². The number of benzene rings is 1. The number of aryl methyl sites for hydroxylation is 1. The Morgan fingerprint density at radius 3 is 2.62 bits per heavy atom. The van der Waals surface area contributed by atoms with Crippen LogP contribution >= 0.6 is 0 Å². The van der Waals surface area contributed by atoms with E-state index in [0.29, 0.717) is 24.6 Å². The molecule has 0 fully saturated rings. The number of hydrogen-bond donors (Lipinski definition) is 2. The van der Waals surface area contributed by atoms with Gasteiger partial charge in [-0.2, -0.15) is 5.10 Å². The van der Waals surface area contributed by atoms with Crippen LogP contribution in [0.25, 0.3) is 0 Å². The van der Waals surface area contributed by atoms with Gasteiger partial charge in [0.25, 0.3) is 10.0 Å². The number of rotatable bonds is 7. The van der Waals surface area contributed by atoms with Crippen molar-refractivity contribution >= 4 is 15.7 Å². The van der Waals surface area contributed by atoms with E-state index >= 15 is 0 Å². The zero-order valence-electron chi connectivity index (χ0n) is 11.7. The summed E-state index contributed by atoms with van der Waals surface area (Å²) in [7, 11) is -1.91. The second-order valence-corrected chi connectivity index (χ2v) is 6.15. The predicted molar refractivity (Wildman–Crippen MR) is 79.6 cm³/mol. The summed E-state index contributed by atoms with van der Waals surface area (Å²) in [6.07, 6.45) is 3.78. The first kappa shape index (κ1) is 15.3. The second-order valence-electron chi connectivity index (χ2n) is 4.47. The molecule has 2 aromatic rings. The molecule has 0 amide bonds. The lowest BCUT2D eigenvalue weighted by Crippen LogP contribution is -2.12. The SMILES string of the molecule is Cn1cc(NS(=O)(=O)c2ccc(OCCCN)cc2)cn1. The third-order valence-electron chi connectivity index (χ3n) is 2.71. The monoisotopic (exact) mass is 310 g/mol. The minimum absolute atomic E-state index is 0.164. The molecule has 7 nitrogen and oxygen atoms in total. The Morgan fingerprint density at radius 1 is 1.33 bits per heavy atom. The highest BCUT2D eigenvalue weighted by atomic mass is 32.2. The van der Waals surface area contributed by atoms with Crippen molar-refractivity contribution in [3.63, 3.8) is 0 Å². The van der Waals surface area contributed by atoms with E-state index in [-0.39, 0.29) is 4.90 Å². The first-order chi connectivity index (χ1) is 10.0. The van der Waals surface area contributed by atoms with Crippen LogP contribution in [0.2, 0.25) is 0 Å². The Kier molecular flexibility index (Phi) is 4.81. The molecule has 0 bridgehead atoms. The van der Waals surface area contributed by atoms with E-state index in [9.17, 15) is 8.42 Å². The highest BCUT2D eigenvalue weighted by molar-refractivity contribution is 7.92. The molecule has 1 aromatic heterocycles. The molecule has 0 radical (unpaired) electrons. The maximum atomic E-state index is 12.2. The summed E-state index contributed by atoms with van der Waals surface area (Å²) in [4.78, 5) is 0.164. The van der Waals surface area contributed by atoms with Crippen molar-refractivity contribution in [1.82, 2.24) is 9.78 Å². The highest BCUT2D eigenvalue weighted by Gasteiger charge is 2.14. The van der Waals surface area contributed by atoms with Crippen molar-refractivity contribution in [1.29, 1.82) is 0 Å². The number of ether oxygens (including phenoxy) is 1. The first-order valence-corrected chi connectivity index (χ1v) is 7.94. The third kappa shape index (κ3) is 4.20. The molecule has 1 heterocycles. The molecular weight excluding hydrogens is 292 g/mol. The summed E-state index contributed by atoms with van der Waals surface area (Å²) in [6, 6.07) is 6.23. The van der Waals surface area contributed by atoms with Gasteiger partial charge in [-0.25, -0.2) is 8.42 Å². The van der Waals surface area contributed by atoms with Gasteiger partial charge in [-0.05, 0) is 37.2 Å². The molecule has 0 atom stereocenters. The van der Waals surface area contributed by atoms with Crippen LogP contribution in [0.3, 0.4) is 0 Å². The Bertz CT molecular complexity index is 680. The van der Waals surface area contributed by atoms with Gasteiger partial charge >= 0.3 is 0 Å². The summed E-state index contributed by atoms with van der Waals surface area (Å²) in [5.74, 6) is 0.615. The number of nitrogens with zero attached hydrogens (tertiary/aromatic N) is 2. The van der Waals surface area contributed by atoms with Crippen molar-refractivity contribution in [2.24, 2.45) is 12.8 Å². The van der Waals surface area contributed by atoms with Crippen molar-refractivity contribution < 1.29 is 13.2 Å². The first-order valence-electron chi connectivity index (χ1n) is 6.45. The van der Waals surface area contributed by atoms with Crippen LogP contribution in [0.5, 0.6) is 5.75 Å². The van der Waals surface area contributed by atoms with Crippen LogP contribution in [-0.4, -0.2) is 31.3 Å². The molecule has 0 aliphatic heterocycles. The fraction of sp³-hybridized carbons (Fsp3) is 0.308. The summed E-state index contributed by atoms with van der Waals surface area (Å²) in [6.45, 7) is 1.07. The molecule has 0 unspecified atom stereocenters. The van der Waals surface area contributed by atoms with E-state index in [2.05, 4.69) is 9.82 Å². The van der Waals surface area contributed by atoms with E-state index in [4.69, 9.17) is 10.5 Å². The topological polar surface area (TPSA) is 99.2 Å². The van der Waals surface area contributed by atoms with E-state index < -0.39 is 10.0 Å². The number of anilines is 1. The van der Waals surface area contributed by atoms with Crippen molar-refractivity contribution in [2.45, 2.75) is 11.3 Å². The number of hydrogen-bond acceptors (Lipinski definition) is 5. The van der Waals surface area contributed by atoms with E-state index in [1.54, 1.807) is 25.4 Å². The van der Waals surface area contributed by atoms with Crippen molar-refractivity contribution in [2.75, 3.05) is 17.9 Å². The molecule has 114 valence electrons. The maximum Gasteiger partial charge on any atom is 0.261 e. The molecule has 2 rings (SSSR count). The number of nitrogens with one attached hydrogen (secondary N) is 1. The van der Waals surface area contributed by atoms with Gasteiger partial charge in [0.2, 0.25) is 0 Å². The molecule has 0 saturated heterocycles. The standard InChI is InChI=1S/C13H18N4O3S/c1-17-10-11(9-15-17)16-21(18,19)13-5-3-12(4-6-13)20-8-2-7-14/h3-6,9-10,16H,2,7-8,14H2,1H3. The van der Waals surface area contributed by atoms with Crippen LogP contribution in [0.1, 0.15) is 6.42 Å². The van der Waals surface area contributed by atoms with Gasteiger partial charge in [0.15, 0.2) is 0 Å². The van der Waals surface area contributed by atoms with Gasteiger partial charge in [-0.15, -0.1) is 0 Å². The number of sulfonamides is 1. The fourth-order valence-corrected chi connectivity index (χ4v) is 2.70. The highest BCUT2D eigenvalue weighted by Crippen LogP contribution is 2.19. The number of aromatic nitrogens is 2. The molecule has 1 aromatic carbocycles. The van der Waals surface area contributed by atoms with Crippen molar-refractivity contribution in [3.8, 4) is 5.75 Å². The zero-order valence-corrected chi connectivity index (χ0v) is 12.5. The van der Waals surface area contributed by atoms with Crippen molar-refractivity contribution in [3.05, 3.63) is 36.7 Å². The van der Waals surface area contributed by atoms with E-state index in [1.165, 1.54) is 23.0 Å². The Hall–Kier alpha value is -2.06. The van der Waals surface area contributed by atoms with Gasteiger partial charge in [0, 0.05) is 13.2 Å². The van der Waals surface area contributed by atoms with Gasteiger partial charge in [-0.3, -0.25) is 9.40 Å². The molecule has 0 saturated carbocycles. The molecule has 0 aliphatic carbocycles. The lowest BCUT2D eigenvalue weighted by molar-refractivity contribution is 0.313. The van der Waals surface area contributed by atoms with Crippen LogP contribution in [0.4, 0.5) is 5.69 Å². The molecule has 0 aliphatic rings. The lowest BCUT2D eigenvalue weighted by atomic mass is 10.3. The summed E-state index contributed by atoms with van der Waals surface area (Å²) >= 11 is 0. The minimum atomic E-state index is -3.62. The van der Waals surface area contributed by atoms with E-state index in [0.717, 1.165) is 6.42 Å². The minimum Gasteiger partial charge on any atom is -0.494 e. The fourth-order valence-electron chi connectivity index (χ4n) is 1.68. The largest absolute Gasteiger partial charge is 0.494 e. The van der Waals surface area contributed by atoms with Gasteiger partial charge < -0.3 is 10.5 Å². The van der Waals surface area contributed by atoms with Crippen LogP contribution in [-0.2, 0) is 17.1 Å². The second kappa shape index (κ2) is 6.59. The third-order valence-corrected chi connectivity index (χ3v) is 4.11. The summed E-state index contributed by atoms with van der Waals surface area (Å²) in [5, 5.41) is 3.91. The Balaban J connectivity index is 2.06.